The lowest BCUT2D eigenvalue weighted by Crippen LogP contribution is -2.49. The van der Waals surface area contributed by atoms with Crippen LogP contribution in [0.5, 0.6) is 0 Å². The summed E-state index contributed by atoms with van der Waals surface area (Å²) in [5.74, 6) is -0.455. The van der Waals surface area contributed by atoms with Crippen molar-refractivity contribution in [3.05, 3.63) is 119 Å². The number of allylic oxidation sites excluding steroid dienone is 1. The van der Waals surface area contributed by atoms with Crippen LogP contribution in [0.2, 0.25) is 0 Å². The molecule has 0 bridgehead atoms. The van der Waals surface area contributed by atoms with Gasteiger partial charge in [0.25, 0.3) is 5.91 Å². The second-order valence-corrected chi connectivity index (χ2v) is 11.8. The van der Waals surface area contributed by atoms with Crippen LogP contribution in [-0.2, 0) is 30.8 Å². The molecule has 212 valence electrons. The summed E-state index contributed by atoms with van der Waals surface area (Å²) in [6.07, 6.45) is 6.24. The molecule has 2 fully saturated rings. The van der Waals surface area contributed by atoms with Gasteiger partial charge in [-0.05, 0) is 60.8 Å². The van der Waals surface area contributed by atoms with Crippen molar-refractivity contribution < 1.29 is 14.0 Å². The van der Waals surface area contributed by atoms with Crippen LogP contribution in [0.15, 0.2) is 85.1 Å². The van der Waals surface area contributed by atoms with E-state index >= 15 is 4.39 Å². The van der Waals surface area contributed by atoms with E-state index in [2.05, 4.69) is 65.3 Å². The van der Waals surface area contributed by atoms with Crippen molar-refractivity contribution in [1.82, 2.24) is 15.1 Å². The van der Waals surface area contributed by atoms with Gasteiger partial charge in [0.2, 0.25) is 5.91 Å². The zero-order valence-electron chi connectivity index (χ0n) is 23.5. The fraction of sp³-hybridized carbons (Fsp3) is 0.371. The van der Waals surface area contributed by atoms with Crippen LogP contribution in [0.4, 0.5) is 4.39 Å². The number of hydrogen-bond donors (Lipinski definition) is 1. The number of amides is 2. The van der Waals surface area contributed by atoms with Crippen LogP contribution in [-0.4, -0.2) is 33.7 Å². The molecule has 41 heavy (non-hydrogen) atoms. The number of carbonyl (C=O) groups excluding carboxylic acids is 2. The summed E-state index contributed by atoms with van der Waals surface area (Å²) in [7, 11) is 0. The molecular weight excluding hydrogens is 513 g/mol. The van der Waals surface area contributed by atoms with Crippen LogP contribution < -0.4 is 5.32 Å². The van der Waals surface area contributed by atoms with E-state index in [4.69, 9.17) is 0 Å². The Hall–Kier alpha value is -3.77. The summed E-state index contributed by atoms with van der Waals surface area (Å²) in [5.41, 5.74) is 4.73. The Balaban J connectivity index is 1.23. The molecule has 3 aromatic carbocycles. The largest absolute Gasteiger partial charge is 0.329 e. The van der Waals surface area contributed by atoms with E-state index in [-0.39, 0.29) is 24.2 Å². The lowest BCUT2D eigenvalue weighted by Gasteiger charge is -2.40. The summed E-state index contributed by atoms with van der Waals surface area (Å²) in [5, 5.41) is 2.76. The molecule has 1 N–H and O–H groups in total. The Morgan fingerprint density at radius 1 is 0.878 bits per heavy atom. The Labute approximate surface area is 242 Å². The number of fused-ring (bicyclic) bond motifs is 1. The predicted molar refractivity (Wildman–Crippen MR) is 158 cm³/mol. The summed E-state index contributed by atoms with van der Waals surface area (Å²) in [6, 6.07) is 24.5. The van der Waals surface area contributed by atoms with Crippen LogP contribution in [0.3, 0.4) is 0 Å². The second kappa shape index (κ2) is 12.0. The van der Waals surface area contributed by atoms with E-state index in [1.165, 1.54) is 22.4 Å². The molecule has 6 rings (SSSR count). The molecule has 1 unspecified atom stereocenters. The SMILES string of the molecule is C=C1CCC(N2Cc3c(ccc(C[C@H]4CCCC[C@@H]4N(Cc4ccccc4)Cc4ccccc4)c3F)C2=O)C(=O)N1. The number of nitrogens with zero attached hydrogens (tertiary/aromatic N) is 2. The third kappa shape index (κ3) is 5.84. The minimum atomic E-state index is -0.587. The molecule has 6 heteroatoms. The Morgan fingerprint density at radius 2 is 1.54 bits per heavy atom. The van der Waals surface area contributed by atoms with Crippen molar-refractivity contribution >= 4 is 11.8 Å². The molecule has 5 nitrogen and oxygen atoms in total. The number of carbonyl (C=O) groups is 2. The van der Waals surface area contributed by atoms with Crippen molar-refractivity contribution in [3.8, 4) is 0 Å². The number of benzene rings is 3. The second-order valence-electron chi connectivity index (χ2n) is 11.8. The van der Waals surface area contributed by atoms with Crippen molar-refractivity contribution in [1.29, 1.82) is 0 Å². The molecule has 1 saturated heterocycles. The third-order valence-corrected chi connectivity index (χ3v) is 9.12. The molecule has 2 heterocycles. The molecule has 1 aliphatic carbocycles. The van der Waals surface area contributed by atoms with Gasteiger partial charge >= 0.3 is 0 Å². The highest BCUT2D eigenvalue weighted by Gasteiger charge is 2.40. The third-order valence-electron chi connectivity index (χ3n) is 9.12. The first-order valence-electron chi connectivity index (χ1n) is 14.9. The first-order valence-corrected chi connectivity index (χ1v) is 14.9. The summed E-state index contributed by atoms with van der Waals surface area (Å²) < 4.78 is 16.1. The first-order chi connectivity index (χ1) is 20.0. The average Bonchev–Trinajstić information content (AvgIpc) is 3.32. The molecule has 3 atom stereocenters. The van der Waals surface area contributed by atoms with Crippen molar-refractivity contribution in [2.75, 3.05) is 0 Å². The summed E-state index contributed by atoms with van der Waals surface area (Å²) >= 11 is 0. The first kappa shape index (κ1) is 27.4. The zero-order valence-corrected chi connectivity index (χ0v) is 23.5. The predicted octanol–water partition coefficient (Wildman–Crippen LogP) is 6.38. The van der Waals surface area contributed by atoms with Gasteiger partial charge in [-0.2, -0.15) is 0 Å². The van der Waals surface area contributed by atoms with Crippen LogP contribution in [0.25, 0.3) is 0 Å². The molecule has 0 spiro atoms. The molecule has 3 aromatic rings. The Kier molecular flexibility index (Phi) is 8.02. The van der Waals surface area contributed by atoms with Gasteiger partial charge in [-0.1, -0.05) is 86.2 Å². The van der Waals surface area contributed by atoms with E-state index in [9.17, 15) is 9.59 Å². The number of halogens is 1. The molecule has 2 amide bonds. The highest BCUT2D eigenvalue weighted by Crippen LogP contribution is 2.36. The lowest BCUT2D eigenvalue weighted by molar-refractivity contribution is -0.126. The molecule has 0 radical (unpaired) electrons. The van der Waals surface area contributed by atoms with Gasteiger partial charge in [-0.3, -0.25) is 14.5 Å². The fourth-order valence-corrected chi connectivity index (χ4v) is 7.01. The van der Waals surface area contributed by atoms with Gasteiger partial charge in [0, 0.05) is 36.0 Å². The van der Waals surface area contributed by atoms with Gasteiger partial charge in [0.1, 0.15) is 11.9 Å². The quantitative estimate of drug-likeness (QED) is 0.354. The smallest absolute Gasteiger partial charge is 0.255 e. The Bertz CT molecular complexity index is 1380. The van der Waals surface area contributed by atoms with Crippen molar-refractivity contribution in [3.63, 3.8) is 0 Å². The van der Waals surface area contributed by atoms with Crippen molar-refractivity contribution in [2.45, 2.75) is 76.7 Å². The maximum atomic E-state index is 16.1. The molecule has 3 aliphatic rings. The standard InChI is InChI=1S/C35H38FN3O2/c1-24-16-19-32(34(40)37-24)39-23-30-29(35(39)41)18-17-28(33(30)36)20-27-14-8-9-15-31(27)38(21-25-10-4-2-5-11-25)22-26-12-6-3-7-13-26/h2-7,10-13,17-18,27,31-32H,1,8-9,14-16,19-23H2,(H,37,40)/t27-,31+,32?/m1/s1. The minimum Gasteiger partial charge on any atom is -0.329 e. The van der Waals surface area contributed by atoms with Gasteiger partial charge in [0.15, 0.2) is 0 Å². The number of hydrogen-bond acceptors (Lipinski definition) is 3. The fourth-order valence-electron chi connectivity index (χ4n) is 7.01. The van der Waals surface area contributed by atoms with Gasteiger partial charge in [-0.15, -0.1) is 0 Å². The molecule has 1 saturated carbocycles. The van der Waals surface area contributed by atoms with Gasteiger partial charge in [-0.25, -0.2) is 4.39 Å². The number of rotatable bonds is 8. The molecule has 0 aromatic heterocycles. The maximum absolute atomic E-state index is 16.1. The highest BCUT2D eigenvalue weighted by atomic mass is 19.1. The van der Waals surface area contributed by atoms with Crippen LogP contribution >= 0.6 is 0 Å². The summed E-state index contributed by atoms with van der Waals surface area (Å²) in [4.78, 5) is 29.9. The summed E-state index contributed by atoms with van der Waals surface area (Å²) in [6.45, 7) is 5.67. The number of piperidine rings is 1. The van der Waals surface area contributed by atoms with Gasteiger partial charge < -0.3 is 10.2 Å². The van der Waals surface area contributed by atoms with Crippen LogP contribution in [0, 0.1) is 11.7 Å². The normalized spacial score (nSPS) is 22.6. The monoisotopic (exact) mass is 551 g/mol. The van der Waals surface area contributed by atoms with E-state index in [0.29, 0.717) is 53.6 Å². The average molecular weight is 552 g/mol. The van der Waals surface area contributed by atoms with E-state index < -0.39 is 6.04 Å². The number of nitrogens with one attached hydrogen (secondary N) is 1. The maximum Gasteiger partial charge on any atom is 0.255 e. The topological polar surface area (TPSA) is 52.7 Å². The highest BCUT2D eigenvalue weighted by molar-refractivity contribution is 6.01. The Morgan fingerprint density at radius 3 is 2.20 bits per heavy atom. The van der Waals surface area contributed by atoms with Crippen LogP contribution in [0.1, 0.15) is 71.1 Å². The van der Waals surface area contributed by atoms with E-state index in [1.54, 1.807) is 6.07 Å². The minimum absolute atomic E-state index is 0.140. The molecule has 2 aliphatic heterocycles. The van der Waals surface area contributed by atoms with E-state index in [0.717, 1.165) is 32.4 Å². The molecular formula is C35H38FN3O2. The lowest BCUT2D eigenvalue weighted by atomic mass is 9.79. The van der Waals surface area contributed by atoms with Crippen molar-refractivity contribution in [2.24, 2.45) is 5.92 Å². The zero-order chi connectivity index (χ0) is 28.3. The van der Waals surface area contributed by atoms with Gasteiger partial charge in [0.05, 0.1) is 6.54 Å². The van der Waals surface area contributed by atoms with E-state index in [1.807, 2.05) is 18.2 Å².